The molecule has 4 unspecified atom stereocenters. The van der Waals surface area contributed by atoms with E-state index >= 15 is 0 Å². The van der Waals surface area contributed by atoms with Crippen LogP contribution in [0.1, 0.15) is 75.1 Å². The fourth-order valence-corrected chi connectivity index (χ4v) is 7.10. The van der Waals surface area contributed by atoms with Crippen LogP contribution in [0.3, 0.4) is 0 Å². The zero-order chi connectivity index (χ0) is 32.7. The number of hydrogen-bond acceptors (Lipinski definition) is 7. The molecule has 0 aliphatic carbocycles. The molecule has 2 saturated heterocycles. The lowest BCUT2D eigenvalue weighted by Gasteiger charge is -2.45. The average Bonchev–Trinajstić information content (AvgIpc) is 3.36. The monoisotopic (exact) mass is 652 g/mol. The Labute approximate surface area is 279 Å². The van der Waals surface area contributed by atoms with E-state index in [1.165, 1.54) is 4.90 Å². The molecule has 242 valence electrons. The average molecular weight is 653 g/mol. The molecule has 47 heavy (non-hydrogen) atoms. The summed E-state index contributed by atoms with van der Waals surface area (Å²) in [5, 5.41) is 21.7. The van der Waals surface area contributed by atoms with Crippen LogP contribution in [0, 0.1) is 5.92 Å². The summed E-state index contributed by atoms with van der Waals surface area (Å²) in [4.78, 5) is 30.0. The molecule has 2 fully saturated rings. The number of nitrogens with zero attached hydrogens (tertiary/aromatic N) is 2. The summed E-state index contributed by atoms with van der Waals surface area (Å²) in [5.74, 6) is -0.738. The first-order chi connectivity index (χ1) is 22.7. The Balaban J connectivity index is 1.13. The van der Waals surface area contributed by atoms with Crippen LogP contribution in [0.2, 0.25) is 5.02 Å². The van der Waals surface area contributed by atoms with Crippen molar-refractivity contribution in [3.63, 3.8) is 0 Å². The van der Waals surface area contributed by atoms with Gasteiger partial charge in [0, 0.05) is 36.1 Å². The Morgan fingerprint density at radius 3 is 2.13 bits per heavy atom. The number of ether oxygens (including phenoxy) is 2. The van der Waals surface area contributed by atoms with Crippen LogP contribution in [0.15, 0.2) is 97.1 Å². The first kappa shape index (κ1) is 31.7. The topological polar surface area (TPSA) is 99.5 Å². The third-order valence-corrected chi connectivity index (χ3v) is 10.1. The molecule has 0 spiro atoms. The highest BCUT2D eigenvalue weighted by Crippen LogP contribution is 2.43. The van der Waals surface area contributed by atoms with Crippen LogP contribution in [0.4, 0.5) is 5.69 Å². The first-order valence-electron chi connectivity index (χ1n) is 16.0. The van der Waals surface area contributed by atoms with Crippen molar-refractivity contribution < 1.29 is 29.3 Å². The predicted octanol–water partition coefficient (Wildman–Crippen LogP) is 6.41. The van der Waals surface area contributed by atoms with Crippen LogP contribution in [0.25, 0.3) is 0 Å². The van der Waals surface area contributed by atoms with E-state index in [2.05, 4.69) is 11.8 Å². The maximum Gasteiger partial charge on any atom is 0.266 e. The normalized spacial score (nSPS) is 24.4. The second kappa shape index (κ2) is 13.0. The SMILES string of the molecule is CC1C(CN2CCC(O)(c3ccc(Cl)cc3)CC2)OC(c2cccc(N3C(=O)c4ccccc4C3=O)c2)OC1c1ccc(CO)cc1. The van der Waals surface area contributed by atoms with Crippen molar-refractivity contribution in [1.29, 1.82) is 0 Å². The number of piperidine rings is 1. The van der Waals surface area contributed by atoms with E-state index in [0.717, 1.165) is 16.7 Å². The number of benzene rings is 4. The molecule has 8 nitrogen and oxygen atoms in total. The molecule has 4 aromatic rings. The Morgan fingerprint density at radius 2 is 1.49 bits per heavy atom. The second-order valence-corrected chi connectivity index (χ2v) is 13.2. The van der Waals surface area contributed by atoms with Crippen molar-refractivity contribution >= 4 is 29.1 Å². The van der Waals surface area contributed by atoms with Gasteiger partial charge >= 0.3 is 0 Å². The highest BCUT2D eigenvalue weighted by molar-refractivity contribution is 6.34. The number of imide groups is 1. The molecule has 7 rings (SSSR count). The number of hydrogen-bond donors (Lipinski definition) is 2. The Morgan fingerprint density at radius 1 is 0.830 bits per heavy atom. The molecule has 3 aliphatic rings. The number of carbonyl (C=O) groups excluding carboxylic acids is 2. The highest BCUT2D eigenvalue weighted by atomic mass is 35.5. The molecule has 4 aromatic carbocycles. The van der Waals surface area contributed by atoms with Crippen LogP contribution >= 0.6 is 11.6 Å². The van der Waals surface area contributed by atoms with Crippen molar-refractivity contribution in [3.05, 3.63) is 135 Å². The van der Waals surface area contributed by atoms with Gasteiger partial charge in [-0.2, -0.15) is 0 Å². The number of likely N-dealkylation sites (tertiary alicyclic amines) is 1. The smallest absolute Gasteiger partial charge is 0.266 e. The van der Waals surface area contributed by atoms with Gasteiger partial charge in [-0.3, -0.25) is 9.59 Å². The van der Waals surface area contributed by atoms with Crippen molar-refractivity contribution in [2.75, 3.05) is 24.5 Å². The van der Waals surface area contributed by atoms with E-state index in [1.54, 1.807) is 42.5 Å². The molecular formula is C38H37ClN2O6. The number of aliphatic hydroxyl groups is 2. The summed E-state index contributed by atoms with van der Waals surface area (Å²) in [6.07, 6.45) is -0.121. The summed E-state index contributed by atoms with van der Waals surface area (Å²) in [5.41, 5.74) is 3.68. The van der Waals surface area contributed by atoms with Crippen LogP contribution in [-0.4, -0.2) is 52.7 Å². The minimum absolute atomic E-state index is 0.0253. The lowest BCUT2D eigenvalue weighted by Crippen LogP contribution is -2.49. The van der Waals surface area contributed by atoms with Crippen LogP contribution in [-0.2, 0) is 21.7 Å². The molecule has 0 radical (unpaired) electrons. The third-order valence-electron chi connectivity index (χ3n) is 9.82. The van der Waals surface area contributed by atoms with Gasteiger partial charge in [0.1, 0.15) is 0 Å². The number of rotatable bonds is 7. The number of fused-ring (bicyclic) bond motifs is 1. The molecule has 0 bridgehead atoms. The zero-order valence-electron chi connectivity index (χ0n) is 26.1. The number of aliphatic hydroxyl groups excluding tert-OH is 1. The van der Waals surface area contributed by atoms with E-state index in [0.29, 0.717) is 59.9 Å². The van der Waals surface area contributed by atoms with Gasteiger partial charge in [-0.15, -0.1) is 0 Å². The van der Waals surface area contributed by atoms with Gasteiger partial charge in [-0.1, -0.05) is 79.2 Å². The van der Waals surface area contributed by atoms with Gasteiger partial charge in [-0.05, 0) is 65.9 Å². The number of anilines is 1. The number of carbonyl (C=O) groups is 2. The summed E-state index contributed by atoms with van der Waals surface area (Å²) >= 11 is 6.08. The zero-order valence-corrected chi connectivity index (χ0v) is 26.8. The van der Waals surface area contributed by atoms with Gasteiger partial charge in [0.15, 0.2) is 6.29 Å². The van der Waals surface area contributed by atoms with Gasteiger partial charge in [-0.25, -0.2) is 4.90 Å². The van der Waals surface area contributed by atoms with Crippen molar-refractivity contribution in [2.45, 2.75) is 50.5 Å². The second-order valence-electron chi connectivity index (χ2n) is 12.7. The lowest BCUT2D eigenvalue weighted by atomic mass is 9.84. The molecular weight excluding hydrogens is 616 g/mol. The fourth-order valence-electron chi connectivity index (χ4n) is 6.97. The van der Waals surface area contributed by atoms with Gasteiger partial charge in [0.05, 0.1) is 41.2 Å². The molecule has 2 amide bonds. The van der Waals surface area contributed by atoms with E-state index in [4.69, 9.17) is 21.1 Å². The van der Waals surface area contributed by atoms with Crippen molar-refractivity contribution in [1.82, 2.24) is 4.90 Å². The minimum atomic E-state index is -0.909. The highest BCUT2D eigenvalue weighted by Gasteiger charge is 2.42. The maximum atomic E-state index is 13.2. The van der Waals surface area contributed by atoms with E-state index in [9.17, 15) is 19.8 Å². The first-order valence-corrected chi connectivity index (χ1v) is 16.4. The van der Waals surface area contributed by atoms with Crippen molar-refractivity contribution in [3.8, 4) is 0 Å². The van der Waals surface area contributed by atoms with E-state index in [-0.39, 0.29) is 36.5 Å². The third kappa shape index (κ3) is 6.13. The minimum Gasteiger partial charge on any atom is -0.392 e. The standard InChI is InChI=1S/C38H37ClN2O6/c1-24-33(22-40-19-17-38(45,18-20-40)28-13-15-29(39)16-14-28)46-37(47-34(24)26-11-9-25(23-42)10-12-26)27-5-4-6-30(21-27)41-35(43)31-7-2-3-8-32(31)36(41)44/h2-16,21,24,33-34,37,42,45H,17-20,22-23H2,1H3. The lowest BCUT2D eigenvalue weighted by molar-refractivity contribution is -0.277. The molecule has 4 atom stereocenters. The molecule has 3 aliphatic heterocycles. The summed E-state index contributed by atoms with van der Waals surface area (Å²) in [6, 6.07) is 29.3. The van der Waals surface area contributed by atoms with Gasteiger partial charge in [0.25, 0.3) is 11.8 Å². The fraction of sp³-hybridized carbons (Fsp3) is 0.316. The molecule has 3 heterocycles. The van der Waals surface area contributed by atoms with E-state index in [1.807, 2.05) is 54.6 Å². The predicted molar refractivity (Wildman–Crippen MR) is 178 cm³/mol. The molecule has 9 heteroatoms. The number of halogens is 1. The van der Waals surface area contributed by atoms with Crippen LogP contribution in [0.5, 0.6) is 0 Å². The Hall–Kier alpha value is -3.89. The van der Waals surface area contributed by atoms with Gasteiger partial charge in [0.2, 0.25) is 0 Å². The summed E-state index contributed by atoms with van der Waals surface area (Å²) in [7, 11) is 0. The largest absolute Gasteiger partial charge is 0.392 e. The number of amides is 2. The quantitative estimate of drug-likeness (QED) is 0.223. The maximum absolute atomic E-state index is 13.2. The van der Waals surface area contributed by atoms with Crippen molar-refractivity contribution in [2.24, 2.45) is 5.92 Å². The summed E-state index contributed by atoms with van der Waals surface area (Å²) < 4.78 is 13.4. The Kier molecular flexibility index (Phi) is 8.74. The molecule has 0 aromatic heterocycles. The summed E-state index contributed by atoms with van der Waals surface area (Å²) in [6.45, 7) is 4.11. The van der Waals surface area contributed by atoms with E-state index < -0.39 is 11.9 Å². The van der Waals surface area contributed by atoms with Gasteiger partial charge < -0.3 is 24.6 Å². The molecule has 0 saturated carbocycles. The van der Waals surface area contributed by atoms with Crippen LogP contribution < -0.4 is 4.90 Å². The molecule has 2 N–H and O–H groups in total. The Bertz CT molecular complexity index is 1730.